The molecule has 0 aliphatic rings. The molecule has 0 aliphatic heterocycles. The van der Waals surface area contributed by atoms with E-state index in [2.05, 4.69) is 73.2 Å². The second-order valence-electron chi connectivity index (χ2n) is 5.44. The first-order valence-electron chi connectivity index (χ1n) is 8.20. The van der Waals surface area contributed by atoms with Gasteiger partial charge in [-0.15, -0.1) is 0 Å². The summed E-state index contributed by atoms with van der Waals surface area (Å²) in [6.07, 6.45) is 3.99. The molecule has 0 bridgehead atoms. The fourth-order valence-electron chi connectivity index (χ4n) is 2.30. The van der Waals surface area contributed by atoms with E-state index in [-0.39, 0.29) is 0 Å². The van der Waals surface area contributed by atoms with Crippen molar-refractivity contribution in [1.82, 2.24) is 0 Å². The Labute approximate surface area is 156 Å². The van der Waals surface area contributed by atoms with Crippen molar-refractivity contribution in [2.24, 2.45) is 0 Å². The van der Waals surface area contributed by atoms with E-state index >= 15 is 0 Å². The maximum atomic E-state index is 4.34. The van der Waals surface area contributed by atoms with Crippen LogP contribution in [0.1, 0.15) is 47.9 Å². The molecule has 0 fully saturated rings. The second kappa shape index (κ2) is 10.9. The lowest BCUT2D eigenvalue weighted by atomic mass is 10.1. The highest BCUT2D eigenvalue weighted by Crippen LogP contribution is 2.11. The van der Waals surface area contributed by atoms with E-state index in [1.54, 1.807) is 0 Å². The topological polar surface area (TPSA) is 0 Å². The van der Waals surface area contributed by atoms with Crippen LogP contribution in [0.15, 0.2) is 48.5 Å². The normalized spacial score (nSPS) is 9.58. The number of hydrogen-bond donors (Lipinski definition) is 2. The van der Waals surface area contributed by atoms with Gasteiger partial charge in [0, 0.05) is 35.5 Å². The van der Waals surface area contributed by atoms with Crippen molar-refractivity contribution in [1.29, 1.82) is 0 Å². The highest BCUT2D eigenvalue weighted by atomic mass is 32.1. The van der Waals surface area contributed by atoms with E-state index in [4.69, 9.17) is 0 Å². The molecule has 24 heavy (non-hydrogen) atoms. The third-order valence-corrected chi connectivity index (χ3v) is 4.36. The summed E-state index contributed by atoms with van der Waals surface area (Å²) >= 11 is 8.68. The Bertz CT molecular complexity index is 702. The van der Waals surface area contributed by atoms with E-state index in [0.717, 1.165) is 48.3 Å². The minimum absolute atomic E-state index is 0.730. The molecule has 0 amide bonds. The largest absolute Gasteiger partial charge is 0.175 e. The highest BCUT2D eigenvalue weighted by Gasteiger charge is 1.95. The summed E-state index contributed by atoms with van der Waals surface area (Å²) in [5, 5.41) is 0. The van der Waals surface area contributed by atoms with Crippen LogP contribution in [0.2, 0.25) is 0 Å². The fraction of sp³-hybridized carbons (Fsp3) is 0.273. The first kappa shape index (κ1) is 18.6. The van der Waals surface area contributed by atoms with Gasteiger partial charge < -0.3 is 0 Å². The second-order valence-corrected chi connectivity index (χ2v) is 6.07. The zero-order chi connectivity index (χ0) is 17.0. The van der Waals surface area contributed by atoms with Crippen LogP contribution in [0, 0.1) is 23.7 Å². The van der Waals surface area contributed by atoms with Crippen LogP contribution in [0.25, 0.3) is 0 Å². The lowest BCUT2D eigenvalue weighted by Crippen LogP contribution is -1.85. The van der Waals surface area contributed by atoms with Crippen LogP contribution >= 0.6 is 25.3 Å². The van der Waals surface area contributed by atoms with Gasteiger partial charge in [-0.1, -0.05) is 60.1 Å². The maximum absolute atomic E-state index is 4.34. The average molecular weight is 351 g/mol. The quantitative estimate of drug-likeness (QED) is 0.396. The standard InChI is InChI=1S/C22H22S2/c23-17-21-15-9-7-13-19(21)11-5-3-1-2-4-6-12-20-14-8-10-16-22(20)18-24/h7-10,13-16,23-24H,1-4,17-18H2. The predicted molar refractivity (Wildman–Crippen MR) is 110 cm³/mol. The molecule has 2 heteroatoms. The molecule has 0 aliphatic carbocycles. The average Bonchev–Trinajstić information content (AvgIpc) is 2.64. The van der Waals surface area contributed by atoms with E-state index in [0.29, 0.717) is 0 Å². The molecule has 0 radical (unpaired) electrons. The first-order valence-corrected chi connectivity index (χ1v) is 9.47. The maximum Gasteiger partial charge on any atom is 0.0285 e. The molecule has 0 saturated heterocycles. The van der Waals surface area contributed by atoms with Crippen molar-refractivity contribution in [2.45, 2.75) is 37.2 Å². The molecule has 2 rings (SSSR count). The molecule has 0 unspecified atom stereocenters. The van der Waals surface area contributed by atoms with Crippen LogP contribution in [-0.4, -0.2) is 0 Å². The van der Waals surface area contributed by atoms with Gasteiger partial charge >= 0.3 is 0 Å². The van der Waals surface area contributed by atoms with Crippen LogP contribution in [0.3, 0.4) is 0 Å². The smallest absolute Gasteiger partial charge is 0.0285 e. The van der Waals surface area contributed by atoms with E-state index in [1.165, 1.54) is 11.1 Å². The molecule has 2 aromatic rings. The van der Waals surface area contributed by atoms with Crippen LogP contribution in [0.4, 0.5) is 0 Å². The third kappa shape index (κ3) is 6.04. The van der Waals surface area contributed by atoms with Crippen molar-refractivity contribution < 1.29 is 0 Å². The summed E-state index contributed by atoms with van der Waals surface area (Å²) in [4.78, 5) is 0. The SMILES string of the molecule is SCc1ccccc1C#CCCCCC#Cc1ccccc1CS. The van der Waals surface area contributed by atoms with Crippen LogP contribution in [0.5, 0.6) is 0 Å². The molecule has 0 atom stereocenters. The number of rotatable bonds is 5. The molecule has 0 heterocycles. The molecule has 122 valence electrons. The third-order valence-electron chi connectivity index (χ3n) is 3.68. The molecule has 0 N–H and O–H groups in total. The zero-order valence-corrected chi connectivity index (χ0v) is 15.5. The van der Waals surface area contributed by atoms with Gasteiger partial charge in [0.15, 0.2) is 0 Å². The number of thiol groups is 2. The van der Waals surface area contributed by atoms with Crippen molar-refractivity contribution >= 4 is 25.3 Å². The Morgan fingerprint density at radius 2 is 1.04 bits per heavy atom. The Morgan fingerprint density at radius 1 is 0.625 bits per heavy atom. The lowest BCUT2D eigenvalue weighted by molar-refractivity contribution is 0.782. The molecule has 0 aromatic heterocycles. The Kier molecular flexibility index (Phi) is 8.47. The van der Waals surface area contributed by atoms with Gasteiger partial charge in [0.05, 0.1) is 0 Å². The van der Waals surface area contributed by atoms with Crippen molar-refractivity contribution in [2.75, 3.05) is 0 Å². The van der Waals surface area contributed by atoms with E-state index < -0.39 is 0 Å². The van der Waals surface area contributed by atoms with Gasteiger partial charge in [-0.25, -0.2) is 0 Å². The number of hydrogen-bond acceptors (Lipinski definition) is 2. The predicted octanol–water partition coefficient (Wildman–Crippen LogP) is 5.51. The Hall–Kier alpha value is -1.74. The molecular weight excluding hydrogens is 328 g/mol. The molecule has 0 spiro atoms. The van der Waals surface area contributed by atoms with Crippen LogP contribution < -0.4 is 0 Å². The van der Waals surface area contributed by atoms with Gasteiger partial charge in [-0.2, -0.15) is 25.3 Å². The number of benzene rings is 2. The van der Waals surface area contributed by atoms with Gasteiger partial charge in [-0.3, -0.25) is 0 Å². The first-order chi connectivity index (χ1) is 11.8. The highest BCUT2D eigenvalue weighted by molar-refractivity contribution is 7.79. The number of unbranched alkanes of at least 4 members (excludes halogenated alkanes) is 3. The lowest BCUT2D eigenvalue weighted by Gasteiger charge is -1.99. The summed E-state index contributed by atoms with van der Waals surface area (Å²) in [6, 6.07) is 16.4. The monoisotopic (exact) mass is 350 g/mol. The minimum Gasteiger partial charge on any atom is -0.175 e. The van der Waals surface area contributed by atoms with Gasteiger partial charge in [0.1, 0.15) is 0 Å². The van der Waals surface area contributed by atoms with Crippen molar-refractivity contribution in [3.63, 3.8) is 0 Å². The molecule has 0 saturated carbocycles. The molecule has 0 nitrogen and oxygen atoms in total. The summed E-state index contributed by atoms with van der Waals surface area (Å²) < 4.78 is 0. The van der Waals surface area contributed by atoms with Crippen molar-refractivity contribution in [3.05, 3.63) is 70.8 Å². The van der Waals surface area contributed by atoms with E-state index in [1.807, 2.05) is 24.3 Å². The fourth-order valence-corrected chi connectivity index (χ4v) is 2.85. The summed E-state index contributed by atoms with van der Waals surface area (Å²) in [5.74, 6) is 14.5. The van der Waals surface area contributed by atoms with Crippen LogP contribution in [-0.2, 0) is 11.5 Å². The Morgan fingerprint density at radius 3 is 1.46 bits per heavy atom. The molecular formula is C22H22S2. The van der Waals surface area contributed by atoms with Gasteiger partial charge in [0.25, 0.3) is 0 Å². The van der Waals surface area contributed by atoms with Gasteiger partial charge in [-0.05, 0) is 36.1 Å². The van der Waals surface area contributed by atoms with Crippen molar-refractivity contribution in [3.8, 4) is 23.7 Å². The Balaban J connectivity index is 1.75. The summed E-state index contributed by atoms with van der Waals surface area (Å²) in [7, 11) is 0. The summed E-state index contributed by atoms with van der Waals surface area (Å²) in [6.45, 7) is 0. The van der Waals surface area contributed by atoms with E-state index in [9.17, 15) is 0 Å². The zero-order valence-electron chi connectivity index (χ0n) is 13.8. The summed E-state index contributed by atoms with van der Waals surface area (Å²) in [5.41, 5.74) is 4.58. The minimum atomic E-state index is 0.730. The van der Waals surface area contributed by atoms with Gasteiger partial charge in [0.2, 0.25) is 0 Å². The molecule has 2 aromatic carbocycles.